The summed E-state index contributed by atoms with van der Waals surface area (Å²) in [6.07, 6.45) is 9.34. The zero-order chi connectivity index (χ0) is 20.7. The van der Waals surface area contributed by atoms with Crippen molar-refractivity contribution in [2.75, 3.05) is 13.1 Å². The van der Waals surface area contributed by atoms with E-state index in [2.05, 4.69) is 60.8 Å². The Morgan fingerprint density at radius 3 is 2.57 bits per heavy atom. The largest absolute Gasteiger partial charge is 0.365 e. The van der Waals surface area contributed by atoms with E-state index in [1.165, 1.54) is 43.5 Å². The van der Waals surface area contributed by atoms with Gasteiger partial charge in [-0.15, -0.1) is 0 Å². The molecule has 0 amide bonds. The first-order chi connectivity index (χ1) is 14.3. The van der Waals surface area contributed by atoms with Gasteiger partial charge in [0, 0.05) is 35.0 Å². The quantitative estimate of drug-likeness (QED) is 0.635. The molecule has 6 aliphatic rings. The summed E-state index contributed by atoms with van der Waals surface area (Å²) in [5.41, 5.74) is 8.81. The Bertz CT molecular complexity index is 850. The summed E-state index contributed by atoms with van der Waals surface area (Å²) in [4.78, 5) is 3.91. The van der Waals surface area contributed by atoms with Crippen molar-refractivity contribution in [3.63, 3.8) is 0 Å². The summed E-state index contributed by atoms with van der Waals surface area (Å²) < 4.78 is 0. The van der Waals surface area contributed by atoms with Crippen LogP contribution in [0, 0.1) is 22.7 Å². The van der Waals surface area contributed by atoms with Crippen LogP contribution in [0.15, 0.2) is 30.3 Å². The molecule has 1 saturated heterocycles. The average Bonchev–Trinajstić information content (AvgIpc) is 3.48. The third kappa shape index (κ3) is 2.89. The Kier molecular flexibility index (Phi) is 4.49. The predicted molar refractivity (Wildman–Crippen MR) is 131 cm³/mol. The highest BCUT2D eigenvalue weighted by molar-refractivity contribution is 8.00. The van der Waals surface area contributed by atoms with E-state index < -0.39 is 0 Å². The molecule has 6 atom stereocenters. The highest BCUT2D eigenvalue weighted by atomic mass is 32.2. The minimum atomic E-state index is 0.147. The fourth-order valence-corrected chi connectivity index (χ4v) is 10.1. The van der Waals surface area contributed by atoms with Crippen molar-refractivity contribution in [3.8, 4) is 0 Å². The zero-order valence-corrected chi connectivity index (χ0v) is 20.1. The SMILES string of the molecule is CC1(C)CN(C(=S)C23CC4CC(c5ccccc5)(CC2C4SC2CC2)C3)CC[C@@H]1N. The second-order valence-electron chi connectivity index (χ2n) is 11.9. The topological polar surface area (TPSA) is 29.3 Å². The van der Waals surface area contributed by atoms with E-state index in [1.807, 2.05) is 0 Å². The molecule has 162 valence electrons. The van der Waals surface area contributed by atoms with Crippen molar-refractivity contribution < 1.29 is 0 Å². The van der Waals surface area contributed by atoms with Crippen molar-refractivity contribution in [3.05, 3.63) is 35.9 Å². The molecule has 5 aliphatic carbocycles. The van der Waals surface area contributed by atoms with Gasteiger partial charge in [0.1, 0.15) is 0 Å². The molecular formula is C26H36N2S2. The molecule has 6 fully saturated rings. The standard InChI is InChI=1S/C26H36N2S2/c1-24(2)16-28(11-10-21(24)27)23(29)26-13-17-12-25(15-26,18-6-4-3-5-7-18)14-20(26)22(17)30-19-8-9-19/h3-7,17,19-22H,8-16,27H2,1-2H3/t17?,20?,21-,22?,25?,26?/m0/s1. The van der Waals surface area contributed by atoms with Gasteiger partial charge < -0.3 is 10.6 Å². The molecule has 1 aromatic carbocycles. The van der Waals surface area contributed by atoms with E-state index >= 15 is 0 Å². The third-order valence-corrected chi connectivity index (χ3v) is 11.9. The van der Waals surface area contributed by atoms with Crippen LogP contribution in [-0.4, -0.2) is 39.5 Å². The van der Waals surface area contributed by atoms with Gasteiger partial charge in [-0.1, -0.05) is 56.4 Å². The minimum absolute atomic E-state index is 0.147. The molecule has 1 aliphatic heterocycles. The molecule has 0 spiro atoms. The predicted octanol–water partition coefficient (Wildman–Crippen LogP) is 5.40. The number of nitrogens with zero attached hydrogens (tertiary/aromatic N) is 1. The van der Waals surface area contributed by atoms with Gasteiger partial charge in [0.05, 0.1) is 4.99 Å². The number of nitrogens with two attached hydrogens (primary N) is 1. The summed E-state index contributed by atoms with van der Waals surface area (Å²) in [6.45, 7) is 6.76. The Balaban J connectivity index is 1.35. The van der Waals surface area contributed by atoms with Gasteiger partial charge in [0.15, 0.2) is 0 Å². The number of hydrogen-bond acceptors (Lipinski definition) is 3. The lowest BCUT2D eigenvalue weighted by Gasteiger charge is -2.48. The maximum absolute atomic E-state index is 6.47. The van der Waals surface area contributed by atoms with Gasteiger partial charge in [0.25, 0.3) is 0 Å². The van der Waals surface area contributed by atoms with Crippen molar-refractivity contribution in [2.45, 2.75) is 80.7 Å². The number of likely N-dealkylation sites (tertiary alicyclic amines) is 1. The normalized spacial score (nSPS) is 43.9. The smallest absolute Gasteiger partial charge is 0.0845 e. The first-order valence-corrected chi connectivity index (χ1v) is 13.4. The van der Waals surface area contributed by atoms with Gasteiger partial charge >= 0.3 is 0 Å². The van der Waals surface area contributed by atoms with Gasteiger partial charge in [-0.2, -0.15) is 11.8 Å². The van der Waals surface area contributed by atoms with Crippen LogP contribution < -0.4 is 5.73 Å². The van der Waals surface area contributed by atoms with E-state index in [0.29, 0.717) is 11.5 Å². The Morgan fingerprint density at radius 1 is 1.10 bits per heavy atom. The molecule has 1 aromatic rings. The molecule has 1 heterocycles. The molecule has 5 unspecified atom stereocenters. The molecule has 5 saturated carbocycles. The third-order valence-electron chi connectivity index (χ3n) is 9.40. The van der Waals surface area contributed by atoms with Crippen molar-refractivity contribution in [1.29, 1.82) is 0 Å². The molecule has 0 radical (unpaired) electrons. The van der Waals surface area contributed by atoms with Gasteiger partial charge in [0.2, 0.25) is 0 Å². The van der Waals surface area contributed by atoms with E-state index in [1.54, 1.807) is 5.56 Å². The summed E-state index contributed by atoms with van der Waals surface area (Å²) in [7, 11) is 0. The van der Waals surface area contributed by atoms with Crippen LogP contribution in [0.5, 0.6) is 0 Å². The molecule has 4 heteroatoms. The summed E-state index contributed by atoms with van der Waals surface area (Å²) >= 11 is 8.79. The number of thioether (sulfide) groups is 1. The van der Waals surface area contributed by atoms with Gasteiger partial charge in [-0.3, -0.25) is 0 Å². The first-order valence-electron chi connectivity index (χ1n) is 12.1. The van der Waals surface area contributed by atoms with Crippen LogP contribution in [0.2, 0.25) is 0 Å². The number of rotatable bonds is 4. The molecular weight excluding hydrogens is 404 g/mol. The average molecular weight is 441 g/mol. The fraction of sp³-hybridized carbons (Fsp3) is 0.731. The Hall–Kier alpha value is -0.580. The van der Waals surface area contributed by atoms with Crippen LogP contribution in [0.1, 0.15) is 64.4 Å². The lowest BCUT2D eigenvalue weighted by atomic mass is 9.63. The summed E-state index contributed by atoms with van der Waals surface area (Å²) in [5.74, 6) is 1.62. The molecule has 2 nitrogen and oxygen atoms in total. The van der Waals surface area contributed by atoms with E-state index in [4.69, 9.17) is 18.0 Å². The maximum atomic E-state index is 6.47. The molecule has 7 rings (SSSR count). The van der Waals surface area contributed by atoms with Crippen LogP contribution in [0.3, 0.4) is 0 Å². The molecule has 4 bridgehead atoms. The fourth-order valence-electron chi connectivity index (χ4n) is 7.78. The van der Waals surface area contributed by atoms with E-state index in [9.17, 15) is 0 Å². The van der Waals surface area contributed by atoms with Crippen LogP contribution in [0.25, 0.3) is 0 Å². The highest BCUT2D eigenvalue weighted by Crippen LogP contribution is 2.74. The van der Waals surface area contributed by atoms with Crippen LogP contribution in [-0.2, 0) is 5.41 Å². The summed E-state index contributed by atoms with van der Waals surface area (Å²) in [5, 5.41) is 1.79. The lowest BCUT2D eigenvalue weighted by molar-refractivity contribution is 0.133. The highest BCUT2D eigenvalue weighted by Gasteiger charge is 2.70. The Morgan fingerprint density at radius 2 is 1.87 bits per heavy atom. The molecule has 30 heavy (non-hydrogen) atoms. The van der Waals surface area contributed by atoms with Gasteiger partial charge in [-0.25, -0.2) is 0 Å². The van der Waals surface area contributed by atoms with Crippen molar-refractivity contribution in [1.82, 2.24) is 4.90 Å². The Labute approximate surface area is 191 Å². The van der Waals surface area contributed by atoms with E-state index in [-0.39, 0.29) is 10.8 Å². The second kappa shape index (κ2) is 6.71. The number of piperidine rings is 1. The zero-order valence-electron chi connectivity index (χ0n) is 18.5. The van der Waals surface area contributed by atoms with Crippen LogP contribution >= 0.6 is 24.0 Å². The number of hydrogen-bond donors (Lipinski definition) is 1. The monoisotopic (exact) mass is 440 g/mol. The molecule has 0 aromatic heterocycles. The minimum Gasteiger partial charge on any atom is -0.365 e. The first kappa shape index (κ1) is 20.1. The molecule has 2 N–H and O–H groups in total. The van der Waals surface area contributed by atoms with Crippen molar-refractivity contribution in [2.24, 2.45) is 28.4 Å². The van der Waals surface area contributed by atoms with Gasteiger partial charge in [-0.05, 0) is 73.2 Å². The number of benzene rings is 1. The van der Waals surface area contributed by atoms with E-state index in [0.717, 1.165) is 41.8 Å². The summed E-state index contributed by atoms with van der Waals surface area (Å²) in [6, 6.07) is 11.7. The maximum Gasteiger partial charge on any atom is 0.0845 e. The lowest BCUT2D eigenvalue weighted by Crippen LogP contribution is -2.56. The van der Waals surface area contributed by atoms with Crippen LogP contribution in [0.4, 0.5) is 0 Å². The second-order valence-corrected chi connectivity index (χ2v) is 13.7. The van der Waals surface area contributed by atoms with Crippen molar-refractivity contribution >= 4 is 29.0 Å². The number of thiocarbonyl (C=S) groups is 1.